The number of phenolic OH excluding ortho intramolecular Hbond substituents is 1. The van der Waals surface area contributed by atoms with Crippen LogP contribution in [0.4, 0.5) is 0 Å². The number of β-lactam (4-membered cyclic amide) rings is 1. The molecule has 0 bridgehead atoms. The SMILES string of the molecule is CNC(CC(N)=O)C(=O)NC(=O)C(NC1C(=O)N2C1SC(C)(C)C2C(=O)O)c1ccc(O)cc1. The van der Waals surface area contributed by atoms with Gasteiger partial charge in [-0.3, -0.25) is 29.8 Å². The van der Waals surface area contributed by atoms with E-state index in [-0.39, 0.29) is 12.2 Å². The number of carbonyl (C=O) groups excluding carboxylic acids is 4. The summed E-state index contributed by atoms with van der Waals surface area (Å²) in [4.78, 5) is 62.7. The third-order valence-corrected chi connectivity index (χ3v) is 7.40. The Kier molecular flexibility index (Phi) is 7.19. The molecule has 34 heavy (non-hydrogen) atoms. The first-order valence-corrected chi connectivity index (χ1v) is 11.3. The number of hydrogen-bond acceptors (Lipinski definition) is 9. The summed E-state index contributed by atoms with van der Waals surface area (Å²) in [5.74, 6) is -3.93. The summed E-state index contributed by atoms with van der Waals surface area (Å²) in [6.45, 7) is 3.47. The third kappa shape index (κ3) is 4.86. The van der Waals surface area contributed by atoms with Crippen molar-refractivity contribution in [2.75, 3.05) is 7.05 Å². The fourth-order valence-electron chi connectivity index (χ4n) is 4.14. The zero-order valence-corrected chi connectivity index (χ0v) is 19.6. The second-order valence-corrected chi connectivity index (χ2v) is 10.4. The molecule has 0 aromatic heterocycles. The maximum atomic E-state index is 13.1. The molecular weight excluding hydrogens is 466 g/mol. The Bertz CT molecular complexity index is 1020. The zero-order valence-electron chi connectivity index (χ0n) is 18.8. The number of rotatable bonds is 9. The highest BCUT2D eigenvalue weighted by molar-refractivity contribution is 8.01. The van der Waals surface area contributed by atoms with Crippen molar-refractivity contribution in [3.8, 4) is 5.75 Å². The van der Waals surface area contributed by atoms with Crippen LogP contribution in [0.3, 0.4) is 0 Å². The predicted octanol–water partition coefficient (Wildman–Crippen LogP) is -1.36. The lowest BCUT2D eigenvalue weighted by molar-refractivity contribution is -0.160. The first kappa shape index (κ1) is 25.5. The number of imide groups is 1. The number of aromatic hydroxyl groups is 1. The Morgan fingerprint density at radius 2 is 1.79 bits per heavy atom. The lowest BCUT2D eigenvalue weighted by Crippen LogP contribution is -2.70. The monoisotopic (exact) mass is 493 g/mol. The number of aliphatic carboxylic acids is 1. The van der Waals surface area contributed by atoms with Crippen LogP contribution in [0.2, 0.25) is 0 Å². The van der Waals surface area contributed by atoms with E-state index in [4.69, 9.17) is 5.73 Å². The predicted molar refractivity (Wildman–Crippen MR) is 121 cm³/mol. The lowest BCUT2D eigenvalue weighted by Gasteiger charge is -2.45. The molecule has 5 atom stereocenters. The topological polar surface area (TPSA) is 191 Å². The van der Waals surface area contributed by atoms with Gasteiger partial charge in [-0.15, -0.1) is 11.8 Å². The highest BCUT2D eigenvalue weighted by Gasteiger charge is 2.64. The lowest BCUT2D eigenvalue weighted by atomic mass is 9.95. The summed E-state index contributed by atoms with van der Waals surface area (Å²) in [5, 5.41) is 26.5. The number of thioether (sulfide) groups is 1. The van der Waals surface area contributed by atoms with Crippen LogP contribution in [0.1, 0.15) is 31.9 Å². The van der Waals surface area contributed by atoms with Crippen molar-refractivity contribution < 1.29 is 34.2 Å². The van der Waals surface area contributed by atoms with Gasteiger partial charge in [0.2, 0.25) is 23.6 Å². The van der Waals surface area contributed by atoms with Crippen LogP contribution in [0.25, 0.3) is 0 Å². The van der Waals surface area contributed by atoms with Gasteiger partial charge in [0.1, 0.15) is 29.2 Å². The van der Waals surface area contributed by atoms with E-state index in [1.165, 1.54) is 48.0 Å². The molecular formula is C21H27N5O7S. The Morgan fingerprint density at radius 3 is 2.32 bits per heavy atom. The number of nitrogens with two attached hydrogens (primary N) is 1. The van der Waals surface area contributed by atoms with Crippen LogP contribution in [-0.2, 0) is 24.0 Å². The molecule has 0 spiro atoms. The van der Waals surface area contributed by atoms with Crippen LogP contribution in [0.15, 0.2) is 24.3 Å². The molecule has 4 amide bonds. The summed E-state index contributed by atoms with van der Waals surface area (Å²) in [5.41, 5.74) is 5.51. The highest BCUT2D eigenvalue weighted by Crippen LogP contribution is 2.51. The van der Waals surface area contributed by atoms with Crippen molar-refractivity contribution in [3.05, 3.63) is 29.8 Å². The second kappa shape index (κ2) is 9.60. The van der Waals surface area contributed by atoms with Crippen molar-refractivity contribution in [2.24, 2.45) is 5.73 Å². The van der Waals surface area contributed by atoms with E-state index in [1.54, 1.807) is 13.8 Å². The smallest absolute Gasteiger partial charge is 0.327 e. The number of nitrogens with one attached hydrogen (secondary N) is 3. The summed E-state index contributed by atoms with van der Waals surface area (Å²) < 4.78 is -0.746. The van der Waals surface area contributed by atoms with Gasteiger partial charge in [-0.05, 0) is 38.6 Å². The number of amides is 4. The van der Waals surface area contributed by atoms with Crippen LogP contribution in [0, 0.1) is 0 Å². The molecule has 12 nitrogen and oxygen atoms in total. The standard InChI is InChI=1S/C21H27N5O7S/c1-21(2)15(20(32)33)26-18(31)14(19(26)34-21)24-13(9-4-6-10(27)7-5-9)17(30)25-16(29)11(23-3)8-12(22)28/h4-7,11,13-15,19,23-24,27H,8H2,1-3H3,(H2,22,28)(H,32,33)(H,25,29,30). The molecule has 13 heteroatoms. The van der Waals surface area contributed by atoms with Crippen molar-refractivity contribution >= 4 is 41.4 Å². The van der Waals surface area contributed by atoms with Crippen LogP contribution in [0.5, 0.6) is 5.75 Å². The fraction of sp³-hybridized carbons (Fsp3) is 0.476. The molecule has 7 N–H and O–H groups in total. The number of carboxylic acid groups (broad SMARTS) is 1. The minimum Gasteiger partial charge on any atom is -0.508 e. The summed E-state index contributed by atoms with van der Waals surface area (Å²) >= 11 is 1.31. The summed E-state index contributed by atoms with van der Waals surface area (Å²) in [6.07, 6.45) is -0.326. The summed E-state index contributed by atoms with van der Waals surface area (Å²) in [6, 6.07) is 1.52. The first-order chi connectivity index (χ1) is 15.9. The van der Waals surface area contributed by atoms with E-state index < -0.39 is 63.9 Å². The Morgan fingerprint density at radius 1 is 1.18 bits per heavy atom. The number of benzene rings is 1. The molecule has 184 valence electrons. The van der Waals surface area contributed by atoms with Gasteiger partial charge >= 0.3 is 5.97 Å². The molecule has 2 aliphatic rings. The quantitative estimate of drug-likeness (QED) is 0.224. The molecule has 2 heterocycles. The number of carbonyl (C=O) groups is 5. The van der Waals surface area contributed by atoms with Crippen LogP contribution >= 0.6 is 11.8 Å². The van der Waals surface area contributed by atoms with E-state index in [0.29, 0.717) is 5.56 Å². The van der Waals surface area contributed by atoms with Gasteiger partial charge in [0.05, 0.1) is 12.5 Å². The van der Waals surface area contributed by atoms with E-state index in [0.717, 1.165) is 0 Å². The molecule has 0 radical (unpaired) electrons. The molecule has 2 aliphatic heterocycles. The minimum atomic E-state index is -1.18. The third-order valence-electron chi connectivity index (χ3n) is 5.83. The van der Waals surface area contributed by atoms with Crippen molar-refractivity contribution in [3.63, 3.8) is 0 Å². The molecule has 2 fully saturated rings. The van der Waals surface area contributed by atoms with E-state index in [2.05, 4.69) is 16.0 Å². The molecule has 5 unspecified atom stereocenters. The number of likely N-dealkylation sites (N-methyl/N-ethyl adjacent to an activating group) is 1. The number of carboxylic acids is 1. The molecule has 1 aromatic rings. The number of nitrogens with zero attached hydrogens (tertiary/aromatic N) is 1. The van der Waals surface area contributed by atoms with Crippen molar-refractivity contribution in [2.45, 2.75) is 54.6 Å². The van der Waals surface area contributed by atoms with Crippen LogP contribution in [-0.4, -0.2) is 80.0 Å². The number of phenols is 1. The minimum absolute atomic E-state index is 0.0426. The van der Waals surface area contributed by atoms with Crippen LogP contribution < -0.4 is 21.7 Å². The molecule has 0 saturated carbocycles. The molecule has 1 aromatic carbocycles. The van der Waals surface area contributed by atoms with E-state index in [1.807, 2.05) is 0 Å². The maximum Gasteiger partial charge on any atom is 0.327 e. The number of primary amides is 1. The van der Waals surface area contributed by atoms with Gasteiger partial charge in [-0.25, -0.2) is 4.79 Å². The summed E-state index contributed by atoms with van der Waals surface area (Å²) in [7, 11) is 1.44. The average Bonchev–Trinajstić information content (AvgIpc) is 3.01. The molecule has 2 saturated heterocycles. The maximum absolute atomic E-state index is 13.1. The van der Waals surface area contributed by atoms with Gasteiger partial charge in [0, 0.05) is 4.75 Å². The Balaban J connectivity index is 1.83. The Hall–Kier alpha value is -3.16. The number of fused-ring (bicyclic) bond motifs is 1. The van der Waals surface area contributed by atoms with Crippen molar-refractivity contribution in [1.29, 1.82) is 0 Å². The first-order valence-electron chi connectivity index (χ1n) is 10.5. The fourth-order valence-corrected chi connectivity index (χ4v) is 5.78. The number of hydrogen-bond donors (Lipinski definition) is 6. The van der Waals surface area contributed by atoms with Gasteiger partial charge in [0.25, 0.3) is 0 Å². The van der Waals surface area contributed by atoms with Gasteiger partial charge in [-0.2, -0.15) is 0 Å². The molecule has 3 rings (SSSR count). The molecule has 0 aliphatic carbocycles. The van der Waals surface area contributed by atoms with Gasteiger partial charge in [0.15, 0.2) is 0 Å². The highest BCUT2D eigenvalue weighted by atomic mass is 32.2. The zero-order chi connectivity index (χ0) is 25.4. The Labute approximate surface area is 199 Å². The van der Waals surface area contributed by atoms with E-state index in [9.17, 15) is 34.2 Å². The van der Waals surface area contributed by atoms with Crippen molar-refractivity contribution in [1.82, 2.24) is 20.9 Å². The largest absolute Gasteiger partial charge is 0.508 e. The second-order valence-electron chi connectivity index (χ2n) is 8.63. The average molecular weight is 494 g/mol. The van der Waals surface area contributed by atoms with Gasteiger partial charge in [-0.1, -0.05) is 12.1 Å². The normalized spacial score (nSPS) is 24.5. The van der Waals surface area contributed by atoms with Gasteiger partial charge < -0.3 is 26.2 Å². The van der Waals surface area contributed by atoms with E-state index >= 15 is 0 Å².